The molecule has 0 saturated carbocycles. The molecule has 0 spiro atoms. The van der Waals surface area contributed by atoms with E-state index in [1.807, 2.05) is 26.0 Å². The van der Waals surface area contributed by atoms with Crippen LogP contribution in [0.5, 0.6) is 0 Å². The van der Waals surface area contributed by atoms with E-state index in [1.54, 1.807) is 6.07 Å². The van der Waals surface area contributed by atoms with E-state index in [4.69, 9.17) is 4.42 Å². The van der Waals surface area contributed by atoms with Gasteiger partial charge in [-0.15, -0.1) is 0 Å². The number of furan rings is 1. The molecular weight excluding hydrogens is 322 g/mol. The van der Waals surface area contributed by atoms with Gasteiger partial charge in [0, 0.05) is 31.5 Å². The first-order valence-corrected chi connectivity index (χ1v) is 8.54. The molecule has 1 aliphatic heterocycles. The quantitative estimate of drug-likeness (QED) is 0.790. The Labute approximate surface area is 146 Å². The number of hydrogen-bond acceptors (Lipinski definition) is 4. The predicted octanol–water partition coefficient (Wildman–Crippen LogP) is 2.02. The topological polar surface area (TPSA) is 94.8 Å². The highest BCUT2D eigenvalue weighted by molar-refractivity contribution is 6.01. The lowest BCUT2D eigenvalue weighted by Crippen LogP contribution is -2.58. The zero-order valence-electron chi connectivity index (χ0n) is 14.5. The fourth-order valence-electron chi connectivity index (χ4n) is 3.28. The van der Waals surface area contributed by atoms with E-state index in [2.05, 4.69) is 10.6 Å². The van der Waals surface area contributed by atoms with E-state index in [0.29, 0.717) is 24.4 Å². The molecule has 1 aromatic heterocycles. The molecule has 3 N–H and O–H groups in total. The molecule has 0 bridgehead atoms. The number of fused-ring (bicyclic) bond motifs is 1. The van der Waals surface area contributed by atoms with Crippen molar-refractivity contribution in [2.24, 2.45) is 0 Å². The van der Waals surface area contributed by atoms with Crippen molar-refractivity contribution in [1.82, 2.24) is 10.2 Å². The minimum atomic E-state index is -0.664. The summed E-state index contributed by atoms with van der Waals surface area (Å²) in [5.74, 6) is 0.656. The number of aryl methyl sites for hydroxylation is 2. The van der Waals surface area contributed by atoms with Gasteiger partial charge in [0.2, 0.25) is 5.91 Å². The maximum Gasteiger partial charge on any atom is 0.322 e. The van der Waals surface area contributed by atoms with Crippen molar-refractivity contribution in [3.63, 3.8) is 0 Å². The normalized spacial score (nSPS) is 17.6. The van der Waals surface area contributed by atoms with Crippen LogP contribution in [0.15, 0.2) is 22.6 Å². The smallest absolute Gasteiger partial charge is 0.322 e. The van der Waals surface area contributed by atoms with Gasteiger partial charge in [0.15, 0.2) is 5.58 Å². The van der Waals surface area contributed by atoms with Gasteiger partial charge in [-0.3, -0.25) is 4.79 Å². The summed E-state index contributed by atoms with van der Waals surface area (Å²) in [6.45, 7) is 4.67. The van der Waals surface area contributed by atoms with Crippen LogP contribution in [-0.2, 0) is 11.2 Å². The fourth-order valence-corrected chi connectivity index (χ4v) is 3.28. The van der Waals surface area contributed by atoms with Crippen molar-refractivity contribution in [2.45, 2.75) is 32.7 Å². The molecule has 1 aliphatic rings. The van der Waals surface area contributed by atoms with Gasteiger partial charge in [-0.25, -0.2) is 4.79 Å². The lowest BCUT2D eigenvalue weighted by molar-refractivity contribution is -0.128. The van der Waals surface area contributed by atoms with E-state index in [-0.39, 0.29) is 25.0 Å². The Hall–Kier alpha value is -2.54. The van der Waals surface area contributed by atoms with Crippen LogP contribution in [-0.4, -0.2) is 47.7 Å². The van der Waals surface area contributed by atoms with Crippen molar-refractivity contribution in [3.8, 4) is 0 Å². The molecule has 1 aromatic carbocycles. The maximum absolute atomic E-state index is 12.7. The molecule has 1 atom stereocenters. The van der Waals surface area contributed by atoms with Gasteiger partial charge in [0.05, 0.1) is 5.69 Å². The summed E-state index contributed by atoms with van der Waals surface area (Å²) in [4.78, 5) is 26.2. The third kappa shape index (κ3) is 3.19. The number of hydrogen-bond donors (Lipinski definition) is 3. The fraction of sp³-hybridized carbons (Fsp3) is 0.444. The molecule has 1 saturated heterocycles. The van der Waals surface area contributed by atoms with Crippen LogP contribution >= 0.6 is 0 Å². The van der Waals surface area contributed by atoms with Crippen LogP contribution in [0.25, 0.3) is 11.0 Å². The monoisotopic (exact) mass is 345 g/mol. The molecular formula is C18H23N3O4. The average Bonchev–Trinajstić information content (AvgIpc) is 2.94. The number of nitrogens with zero attached hydrogens (tertiary/aromatic N) is 1. The van der Waals surface area contributed by atoms with E-state index < -0.39 is 6.04 Å². The Morgan fingerprint density at radius 2 is 2.28 bits per heavy atom. The van der Waals surface area contributed by atoms with Gasteiger partial charge in [-0.2, -0.15) is 0 Å². The minimum Gasteiger partial charge on any atom is -0.459 e. The van der Waals surface area contributed by atoms with Gasteiger partial charge in [0.25, 0.3) is 0 Å². The second-order valence-corrected chi connectivity index (χ2v) is 6.13. The number of aliphatic hydroxyl groups excluding tert-OH is 1. The summed E-state index contributed by atoms with van der Waals surface area (Å²) >= 11 is 0. The standard InChI is InChI=1S/C18H23N3O4/c1-3-15-11(2)12-5-4-6-13(16(12)25-15)20-18(24)21-9-8-19-17(23)14(21)7-10-22/h4-6,14,22H,3,7-10H2,1-2H3,(H,19,23)(H,20,24)/t14-/m0/s1. The number of benzene rings is 1. The van der Waals surface area contributed by atoms with Crippen LogP contribution in [0.2, 0.25) is 0 Å². The second-order valence-electron chi connectivity index (χ2n) is 6.13. The summed E-state index contributed by atoms with van der Waals surface area (Å²) in [6, 6.07) is 4.59. The summed E-state index contributed by atoms with van der Waals surface area (Å²) in [5, 5.41) is 15.7. The number of urea groups is 1. The Morgan fingerprint density at radius 3 is 3.00 bits per heavy atom. The number of para-hydroxylation sites is 1. The summed E-state index contributed by atoms with van der Waals surface area (Å²) in [7, 11) is 0. The molecule has 2 heterocycles. The van der Waals surface area contributed by atoms with Crippen molar-refractivity contribution in [2.75, 3.05) is 25.0 Å². The number of piperazine rings is 1. The zero-order valence-corrected chi connectivity index (χ0v) is 14.5. The Morgan fingerprint density at radius 1 is 1.48 bits per heavy atom. The Balaban J connectivity index is 1.87. The van der Waals surface area contributed by atoms with Gasteiger partial charge in [0.1, 0.15) is 11.8 Å². The third-order valence-electron chi connectivity index (χ3n) is 4.62. The number of anilines is 1. The maximum atomic E-state index is 12.7. The number of nitrogens with one attached hydrogen (secondary N) is 2. The first-order valence-electron chi connectivity index (χ1n) is 8.54. The average molecular weight is 345 g/mol. The summed E-state index contributed by atoms with van der Waals surface area (Å²) in [5.41, 5.74) is 2.30. The Bertz CT molecular complexity index is 799. The summed E-state index contributed by atoms with van der Waals surface area (Å²) < 4.78 is 5.91. The summed E-state index contributed by atoms with van der Waals surface area (Å²) in [6.07, 6.45) is 0.988. The van der Waals surface area contributed by atoms with Crippen molar-refractivity contribution >= 4 is 28.6 Å². The van der Waals surface area contributed by atoms with E-state index in [0.717, 1.165) is 23.1 Å². The minimum absolute atomic E-state index is 0.158. The van der Waals surface area contributed by atoms with E-state index in [1.165, 1.54) is 4.90 Å². The van der Waals surface area contributed by atoms with Gasteiger partial charge in [-0.1, -0.05) is 19.1 Å². The molecule has 25 heavy (non-hydrogen) atoms. The van der Waals surface area contributed by atoms with Crippen molar-refractivity contribution < 1.29 is 19.1 Å². The molecule has 2 aromatic rings. The first kappa shape index (κ1) is 17.3. The largest absolute Gasteiger partial charge is 0.459 e. The highest BCUT2D eigenvalue weighted by Gasteiger charge is 2.32. The number of carbonyl (C=O) groups is 2. The van der Waals surface area contributed by atoms with E-state index in [9.17, 15) is 14.7 Å². The second kappa shape index (κ2) is 7.14. The van der Waals surface area contributed by atoms with Crippen LogP contribution in [0.4, 0.5) is 10.5 Å². The van der Waals surface area contributed by atoms with Gasteiger partial charge in [-0.05, 0) is 25.0 Å². The van der Waals surface area contributed by atoms with E-state index >= 15 is 0 Å². The number of rotatable bonds is 4. The molecule has 0 aliphatic carbocycles. The lowest BCUT2D eigenvalue weighted by atomic mass is 10.1. The molecule has 3 rings (SSSR count). The molecule has 134 valence electrons. The van der Waals surface area contributed by atoms with Crippen LogP contribution < -0.4 is 10.6 Å². The lowest BCUT2D eigenvalue weighted by Gasteiger charge is -2.34. The van der Waals surface area contributed by atoms with Gasteiger partial charge >= 0.3 is 6.03 Å². The van der Waals surface area contributed by atoms with Crippen LogP contribution in [0, 0.1) is 6.92 Å². The highest BCUT2D eigenvalue weighted by Crippen LogP contribution is 2.31. The molecule has 1 fully saturated rings. The number of aliphatic hydroxyl groups is 1. The van der Waals surface area contributed by atoms with Gasteiger partial charge < -0.3 is 25.1 Å². The molecule has 7 nitrogen and oxygen atoms in total. The van der Waals surface area contributed by atoms with Crippen molar-refractivity contribution in [3.05, 3.63) is 29.5 Å². The third-order valence-corrected chi connectivity index (χ3v) is 4.62. The van der Waals surface area contributed by atoms with Crippen molar-refractivity contribution in [1.29, 1.82) is 0 Å². The first-order chi connectivity index (χ1) is 12.1. The Kier molecular flexibility index (Phi) is 4.94. The molecule has 0 radical (unpaired) electrons. The SMILES string of the molecule is CCc1oc2c(NC(=O)N3CCNC(=O)[C@@H]3CCO)cccc2c1C. The predicted molar refractivity (Wildman–Crippen MR) is 94.6 cm³/mol. The molecule has 7 heteroatoms. The number of amides is 3. The van der Waals surface area contributed by atoms with Crippen LogP contribution in [0.1, 0.15) is 24.7 Å². The molecule has 3 amide bonds. The van der Waals surface area contributed by atoms with Crippen LogP contribution in [0.3, 0.4) is 0 Å². The zero-order chi connectivity index (χ0) is 18.0. The number of carbonyl (C=O) groups excluding carboxylic acids is 2. The molecule has 0 unspecified atom stereocenters. The highest BCUT2D eigenvalue weighted by atomic mass is 16.3.